The molecule has 0 saturated heterocycles. The maximum Gasteiger partial charge on any atom is 0.277 e. The van der Waals surface area contributed by atoms with Crippen LogP contribution in [-0.2, 0) is 4.79 Å². The van der Waals surface area contributed by atoms with Crippen molar-refractivity contribution in [2.45, 2.75) is 0 Å². The Labute approximate surface area is 145 Å². The summed E-state index contributed by atoms with van der Waals surface area (Å²) in [5, 5.41) is 4.30. The molecule has 6 heteroatoms. The predicted octanol–water partition coefficient (Wildman–Crippen LogP) is 2.88. The lowest BCUT2D eigenvalue weighted by atomic mass is 10.2. The van der Waals surface area contributed by atoms with Crippen LogP contribution in [0, 0.1) is 12.3 Å². The van der Waals surface area contributed by atoms with Crippen LogP contribution in [0.4, 0.5) is 0 Å². The third kappa shape index (κ3) is 5.67. The summed E-state index contributed by atoms with van der Waals surface area (Å²) < 4.78 is 10.6. The Morgan fingerprint density at radius 2 is 1.96 bits per heavy atom. The molecule has 0 bridgehead atoms. The molecule has 0 spiro atoms. The van der Waals surface area contributed by atoms with Gasteiger partial charge in [0.15, 0.2) is 6.61 Å². The van der Waals surface area contributed by atoms with Crippen LogP contribution in [0.3, 0.4) is 0 Å². The van der Waals surface area contributed by atoms with Crippen molar-refractivity contribution in [3.8, 4) is 23.8 Å². The summed E-state index contributed by atoms with van der Waals surface area (Å²) in [5.74, 6) is 3.11. The SMILES string of the molecule is C#CCOc1ccc(/C=N\NC(=O)COc2ccccc2Cl)cc1. The van der Waals surface area contributed by atoms with Gasteiger partial charge >= 0.3 is 0 Å². The predicted molar refractivity (Wildman–Crippen MR) is 93.5 cm³/mol. The van der Waals surface area contributed by atoms with Gasteiger partial charge in [-0.2, -0.15) is 5.10 Å². The molecule has 0 aliphatic rings. The average Bonchev–Trinajstić information content (AvgIpc) is 2.60. The molecule has 0 aliphatic carbocycles. The minimum atomic E-state index is -0.389. The Kier molecular flexibility index (Phi) is 6.69. The van der Waals surface area contributed by atoms with Crippen LogP contribution < -0.4 is 14.9 Å². The number of benzene rings is 2. The maximum absolute atomic E-state index is 11.7. The number of hydrogen-bond acceptors (Lipinski definition) is 4. The van der Waals surface area contributed by atoms with Crippen LogP contribution in [0.1, 0.15) is 5.56 Å². The van der Waals surface area contributed by atoms with E-state index in [1.54, 1.807) is 48.5 Å². The van der Waals surface area contributed by atoms with Gasteiger partial charge in [0, 0.05) is 0 Å². The van der Waals surface area contributed by atoms with E-state index in [9.17, 15) is 4.79 Å². The van der Waals surface area contributed by atoms with Crippen molar-refractivity contribution in [2.75, 3.05) is 13.2 Å². The Hall–Kier alpha value is -2.97. The van der Waals surface area contributed by atoms with Gasteiger partial charge in [-0.1, -0.05) is 29.7 Å². The topological polar surface area (TPSA) is 59.9 Å². The number of nitrogens with one attached hydrogen (secondary N) is 1. The summed E-state index contributed by atoms with van der Waals surface area (Å²) in [6, 6.07) is 14.0. The minimum absolute atomic E-state index is 0.181. The minimum Gasteiger partial charge on any atom is -0.482 e. The molecule has 1 amide bonds. The van der Waals surface area contributed by atoms with E-state index in [4.69, 9.17) is 27.5 Å². The molecule has 2 aromatic rings. The number of carbonyl (C=O) groups is 1. The van der Waals surface area contributed by atoms with Crippen molar-refractivity contribution in [2.24, 2.45) is 5.10 Å². The standard InChI is InChI=1S/C18H15ClN2O3/c1-2-11-23-15-9-7-14(8-10-15)12-20-21-18(22)13-24-17-6-4-3-5-16(17)19/h1,3-10,12H,11,13H2,(H,21,22)/b20-12-. The molecule has 5 nitrogen and oxygen atoms in total. The molecule has 0 unspecified atom stereocenters. The average molecular weight is 343 g/mol. The van der Waals surface area contributed by atoms with Crippen LogP contribution >= 0.6 is 11.6 Å². The summed E-state index contributed by atoms with van der Waals surface area (Å²) in [6.45, 7) is 0.0366. The van der Waals surface area contributed by atoms with Gasteiger partial charge in [-0.3, -0.25) is 4.79 Å². The second-order valence-corrected chi connectivity index (χ2v) is 4.98. The fourth-order valence-electron chi connectivity index (χ4n) is 1.69. The molecule has 0 atom stereocenters. The van der Waals surface area contributed by atoms with Crippen LogP contribution in [0.15, 0.2) is 53.6 Å². The van der Waals surface area contributed by atoms with Gasteiger partial charge in [0.1, 0.15) is 18.1 Å². The second-order valence-electron chi connectivity index (χ2n) is 4.57. The van der Waals surface area contributed by atoms with E-state index in [-0.39, 0.29) is 19.1 Å². The highest BCUT2D eigenvalue weighted by Gasteiger charge is 2.04. The van der Waals surface area contributed by atoms with E-state index >= 15 is 0 Å². The zero-order valence-electron chi connectivity index (χ0n) is 12.7. The summed E-state index contributed by atoms with van der Waals surface area (Å²) in [4.78, 5) is 11.7. The normalized spacial score (nSPS) is 10.2. The number of amides is 1. The molecular weight excluding hydrogens is 328 g/mol. The first-order valence-electron chi connectivity index (χ1n) is 7.04. The summed E-state index contributed by atoms with van der Waals surface area (Å²) >= 11 is 5.93. The molecule has 24 heavy (non-hydrogen) atoms. The molecule has 2 rings (SSSR count). The van der Waals surface area contributed by atoms with E-state index in [0.717, 1.165) is 5.56 Å². The van der Waals surface area contributed by atoms with Crippen molar-refractivity contribution in [1.82, 2.24) is 5.43 Å². The number of para-hydroxylation sites is 1. The molecule has 0 heterocycles. The first kappa shape index (κ1) is 17.4. The van der Waals surface area contributed by atoms with Gasteiger partial charge in [0.2, 0.25) is 0 Å². The zero-order valence-corrected chi connectivity index (χ0v) is 13.5. The Morgan fingerprint density at radius 3 is 2.67 bits per heavy atom. The molecular formula is C18H15ClN2O3. The van der Waals surface area contributed by atoms with Crippen LogP contribution in [0.5, 0.6) is 11.5 Å². The fraction of sp³-hybridized carbons (Fsp3) is 0.111. The quantitative estimate of drug-likeness (QED) is 0.478. The summed E-state index contributed by atoms with van der Waals surface area (Å²) in [6.07, 6.45) is 6.63. The second kappa shape index (κ2) is 9.23. The van der Waals surface area contributed by atoms with Crippen molar-refractivity contribution < 1.29 is 14.3 Å². The van der Waals surface area contributed by atoms with E-state index in [1.165, 1.54) is 6.21 Å². The number of terminal acetylenes is 1. The van der Waals surface area contributed by atoms with Crippen LogP contribution in [0.2, 0.25) is 5.02 Å². The largest absolute Gasteiger partial charge is 0.482 e. The summed E-state index contributed by atoms with van der Waals surface area (Å²) in [7, 11) is 0. The first-order valence-corrected chi connectivity index (χ1v) is 7.42. The van der Waals surface area contributed by atoms with Crippen molar-refractivity contribution >= 4 is 23.7 Å². The number of carbonyl (C=O) groups excluding carboxylic acids is 1. The first-order chi connectivity index (χ1) is 11.7. The van der Waals surface area contributed by atoms with E-state index < -0.39 is 0 Å². The molecule has 0 radical (unpaired) electrons. The zero-order chi connectivity index (χ0) is 17.2. The molecule has 0 aliphatic heterocycles. The Morgan fingerprint density at radius 1 is 1.21 bits per heavy atom. The monoisotopic (exact) mass is 342 g/mol. The number of ether oxygens (including phenoxy) is 2. The van der Waals surface area contributed by atoms with Crippen LogP contribution in [0.25, 0.3) is 0 Å². The summed E-state index contributed by atoms with van der Waals surface area (Å²) in [5.41, 5.74) is 3.18. The maximum atomic E-state index is 11.7. The molecule has 0 saturated carbocycles. The molecule has 1 N–H and O–H groups in total. The van der Waals surface area contributed by atoms with Gasteiger partial charge < -0.3 is 9.47 Å². The third-order valence-corrected chi connectivity index (χ3v) is 3.11. The van der Waals surface area contributed by atoms with E-state index in [0.29, 0.717) is 16.5 Å². The number of rotatable bonds is 7. The van der Waals surface area contributed by atoms with Gasteiger partial charge in [-0.05, 0) is 42.0 Å². The van der Waals surface area contributed by atoms with Gasteiger partial charge in [0.05, 0.1) is 11.2 Å². The highest BCUT2D eigenvalue weighted by Crippen LogP contribution is 2.22. The van der Waals surface area contributed by atoms with Crippen molar-refractivity contribution in [1.29, 1.82) is 0 Å². The lowest BCUT2D eigenvalue weighted by molar-refractivity contribution is -0.123. The number of halogens is 1. The van der Waals surface area contributed by atoms with E-state index in [1.807, 2.05) is 0 Å². The Balaban J connectivity index is 1.78. The number of nitrogens with zero attached hydrogens (tertiary/aromatic N) is 1. The van der Waals surface area contributed by atoms with Crippen molar-refractivity contribution in [3.05, 3.63) is 59.1 Å². The third-order valence-electron chi connectivity index (χ3n) is 2.80. The number of hydrazone groups is 1. The Bertz CT molecular complexity index is 752. The van der Waals surface area contributed by atoms with Crippen molar-refractivity contribution in [3.63, 3.8) is 0 Å². The molecule has 0 fully saturated rings. The highest BCUT2D eigenvalue weighted by molar-refractivity contribution is 6.32. The van der Waals surface area contributed by atoms with Crippen LogP contribution in [-0.4, -0.2) is 25.3 Å². The highest BCUT2D eigenvalue weighted by atomic mass is 35.5. The van der Waals surface area contributed by atoms with Gasteiger partial charge in [0.25, 0.3) is 5.91 Å². The molecule has 122 valence electrons. The lowest BCUT2D eigenvalue weighted by Crippen LogP contribution is -2.24. The number of hydrogen-bond donors (Lipinski definition) is 1. The smallest absolute Gasteiger partial charge is 0.277 e. The fourth-order valence-corrected chi connectivity index (χ4v) is 1.88. The molecule has 0 aromatic heterocycles. The van der Waals surface area contributed by atoms with Gasteiger partial charge in [-0.25, -0.2) is 5.43 Å². The van der Waals surface area contributed by atoms with E-state index in [2.05, 4.69) is 16.4 Å². The van der Waals surface area contributed by atoms with Gasteiger partial charge in [-0.15, -0.1) is 6.42 Å². The lowest BCUT2D eigenvalue weighted by Gasteiger charge is -2.06. The molecule has 2 aromatic carbocycles.